The smallest absolute Gasteiger partial charge is 0.411 e. The van der Waals surface area contributed by atoms with E-state index >= 15 is 0 Å². The summed E-state index contributed by atoms with van der Waals surface area (Å²) in [4.78, 5) is 55.8. The molecule has 0 saturated carbocycles. The summed E-state index contributed by atoms with van der Waals surface area (Å²) in [5.74, 6) is -1.14. The SMILES string of the molecule is COC(=O)Nc1cnc(C(C)(C)C)n(CC(=O)NC(C(=O)c2nnc(C(C)(C)c3ccccc3)o2)C(C)C)c1=O. The maximum Gasteiger partial charge on any atom is 0.411 e. The van der Waals surface area contributed by atoms with E-state index in [1.807, 2.05) is 65.0 Å². The van der Waals surface area contributed by atoms with Gasteiger partial charge in [-0.25, -0.2) is 9.78 Å². The van der Waals surface area contributed by atoms with Crippen molar-refractivity contribution >= 4 is 23.5 Å². The lowest BCUT2D eigenvalue weighted by molar-refractivity contribution is -0.122. The van der Waals surface area contributed by atoms with Gasteiger partial charge in [-0.3, -0.25) is 24.3 Å². The van der Waals surface area contributed by atoms with Crippen LogP contribution in [0.1, 0.15) is 76.4 Å². The fourth-order valence-corrected chi connectivity index (χ4v) is 4.07. The molecular weight excluding hydrogens is 516 g/mol. The number of hydrogen-bond acceptors (Lipinski definition) is 9. The first-order valence-electron chi connectivity index (χ1n) is 12.8. The van der Waals surface area contributed by atoms with Crippen molar-refractivity contribution in [2.24, 2.45) is 5.92 Å². The number of nitrogens with zero attached hydrogens (tertiary/aromatic N) is 4. The molecule has 2 heterocycles. The van der Waals surface area contributed by atoms with Gasteiger partial charge in [0.15, 0.2) is 0 Å². The number of Topliss-reactive ketones (excluding diaryl/α,β-unsaturated/α-hetero) is 1. The minimum atomic E-state index is -1.00. The van der Waals surface area contributed by atoms with Crippen LogP contribution in [0.4, 0.5) is 10.5 Å². The number of ketones is 1. The molecule has 1 atom stereocenters. The summed E-state index contributed by atoms with van der Waals surface area (Å²) in [5, 5.41) is 13.1. The lowest BCUT2D eigenvalue weighted by Crippen LogP contribution is -2.47. The second-order valence-electron chi connectivity index (χ2n) is 11.3. The van der Waals surface area contributed by atoms with E-state index in [4.69, 9.17) is 4.42 Å². The van der Waals surface area contributed by atoms with Crippen LogP contribution in [-0.2, 0) is 26.9 Å². The number of carbonyl (C=O) groups is 3. The highest BCUT2D eigenvalue weighted by molar-refractivity contribution is 5.98. The molecule has 3 rings (SSSR count). The van der Waals surface area contributed by atoms with E-state index in [0.29, 0.717) is 5.82 Å². The Morgan fingerprint density at radius 3 is 2.27 bits per heavy atom. The first-order valence-corrected chi connectivity index (χ1v) is 12.8. The summed E-state index contributed by atoms with van der Waals surface area (Å²) in [6.07, 6.45) is 0.372. The topological polar surface area (TPSA) is 158 Å². The van der Waals surface area contributed by atoms with Crippen LogP contribution < -0.4 is 16.2 Å². The van der Waals surface area contributed by atoms with E-state index in [0.717, 1.165) is 17.2 Å². The predicted octanol–water partition coefficient (Wildman–Crippen LogP) is 3.45. The molecule has 0 radical (unpaired) electrons. The van der Waals surface area contributed by atoms with Gasteiger partial charge in [-0.15, -0.1) is 10.2 Å². The predicted molar refractivity (Wildman–Crippen MR) is 147 cm³/mol. The van der Waals surface area contributed by atoms with Crippen molar-refractivity contribution < 1.29 is 23.5 Å². The molecule has 2 amide bonds. The standard InChI is InChI=1S/C28H36N6O6/c1-16(2)20(21(36)22-32-33-25(40-22)28(6,7)17-12-10-9-11-13-17)31-19(35)15-34-23(37)18(30-26(38)39-8)14-29-24(34)27(3,4)5/h9-14,16,20H,15H2,1-8H3,(H,30,38)(H,31,35). The number of benzene rings is 1. The minimum absolute atomic E-state index is 0.149. The van der Waals surface area contributed by atoms with Gasteiger partial charge in [-0.2, -0.15) is 0 Å². The van der Waals surface area contributed by atoms with Crippen LogP contribution in [0.15, 0.2) is 45.7 Å². The number of amides is 2. The largest absolute Gasteiger partial charge is 0.453 e. The Balaban J connectivity index is 1.86. The molecule has 2 aromatic heterocycles. The molecule has 12 heteroatoms. The Morgan fingerprint density at radius 2 is 1.70 bits per heavy atom. The van der Waals surface area contributed by atoms with E-state index in [1.165, 1.54) is 6.20 Å². The number of ether oxygens (including phenoxy) is 1. The molecule has 214 valence electrons. The Bertz CT molecular complexity index is 1440. The third-order valence-corrected chi connectivity index (χ3v) is 6.37. The Hall–Kier alpha value is -4.35. The second kappa shape index (κ2) is 11.8. The molecule has 3 aromatic rings. The summed E-state index contributed by atoms with van der Waals surface area (Å²) < 4.78 is 11.5. The molecule has 1 unspecified atom stereocenters. The number of aromatic nitrogens is 4. The van der Waals surface area contributed by atoms with Gasteiger partial charge in [-0.1, -0.05) is 65.0 Å². The quantitative estimate of drug-likeness (QED) is 0.379. The van der Waals surface area contributed by atoms with Crippen molar-refractivity contribution in [3.05, 3.63) is 70.1 Å². The third kappa shape index (κ3) is 6.61. The summed E-state index contributed by atoms with van der Waals surface area (Å²) >= 11 is 0. The molecule has 0 fully saturated rings. The normalized spacial score (nSPS) is 12.6. The molecule has 12 nitrogen and oxygen atoms in total. The molecule has 0 saturated heterocycles. The van der Waals surface area contributed by atoms with E-state index in [-0.39, 0.29) is 23.4 Å². The van der Waals surface area contributed by atoms with Crippen LogP contribution in [0.3, 0.4) is 0 Å². The second-order valence-corrected chi connectivity index (χ2v) is 11.3. The first-order chi connectivity index (χ1) is 18.7. The van der Waals surface area contributed by atoms with E-state index < -0.39 is 46.8 Å². The van der Waals surface area contributed by atoms with E-state index in [2.05, 4.69) is 30.6 Å². The molecule has 0 aliphatic rings. The van der Waals surface area contributed by atoms with Crippen LogP contribution in [-0.4, -0.2) is 50.7 Å². The fourth-order valence-electron chi connectivity index (χ4n) is 4.07. The summed E-state index contributed by atoms with van der Waals surface area (Å²) in [6.45, 7) is 12.4. The monoisotopic (exact) mass is 552 g/mol. The Labute approximate surface area is 232 Å². The number of anilines is 1. The fraction of sp³-hybridized carbons (Fsp3) is 0.464. The van der Waals surface area contributed by atoms with Gasteiger partial charge in [0, 0.05) is 5.41 Å². The average molecular weight is 553 g/mol. The first kappa shape index (κ1) is 30.2. The highest BCUT2D eigenvalue weighted by Gasteiger charge is 2.34. The third-order valence-electron chi connectivity index (χ3n) is 6.37. The molecule has 40 heavy (non-hydrogen) atoms. The molecule has 0 spiro atoms. The van der Waals surface area contributed by atoms with Crippen molar-refractivity contribution in [1.29, 1.82) is 0 Å². The van der Waals surface area contributed by atoms with Crippen molar-refractivity contribution in [2.75, 3.05) is 12.4 Å². The van der Waals surface area contributed by atoms with Crippen LogP contribution in [0, 0.1) is 5.92 Å². The maximum atomic E-state index is 13.4. The van der Waals surface area contributed by atoms with E-state index in [1.54, 1.807) is 13.8 Å². The van der Waals surface area contributed by atoms with Crippen LogP contribution in [0.25, 0.3) is 0 Å². The summed E-state index contributed by atoms with van der Waals surface area (Å²) in [7, 11) is 1.16. The molecule has 2 N–H and O–H groups in total. The average Bonchev–Trinajstić information content (AvgIpc) is 3.40. The zero-order valence-corrected chi connectivity index (χ0v) is 24.1. The molecule has 0 bridgehead atoms. The highest BCUT2D eigenvalue weighted by Crippen LogP contribution is 2.30. The molecule has 0 aliphatic carbocycles. The van der Waals surface area contributed by atoms with Gasteiger partial charge in [0.1, 0.15) is 18.1 Å². The van der Waals surface area contributed by atoms with Crippen LogP contribution >= 0.6 is 0 Å². The minimum Gasteiger partial charge on any atom is -0.453 e. The van der Waals surface area contributed by atoms with Gasteiger partial charge in [0.05, 0.1) is 24.8 Å². The molecule has 0 aliphatic heterocycles. The van der Waals surface area contributed by atoms with Crippen molar-refractivity contribution in [3.63, 3.8) is 0 Å². The van der Waals surface area contributed by atoms with Crippen LogP contribution in [0.2, 0.25) is 0 Å². The number of carbonyl (C=O) groups excluding carboxylic acids is 3. The van der Waals surface area contributed by atoms with Gasteiger partial charge in [0.25, 0.3) is 11.4 Å². The lowest BCUT2D eigenvalue weighted by atomic mass is 9.85. The molecular formula is C28H36N6O6. The zero-order valence-electron chi connectivity index (χ0n) is 24.1. The number of methoxy groups -OCH3 is 1. The maximum absolute atomic E-state index is 13.4. The Kier molecular flexibility index (Phi) is 8.91. The van der Waals surface area contributed by atoms with Crippen molar-refractivity contribution in [2.45, 2.75) is 71.9 Å². The van der Waals surface area contributed by atoms with Crippen molar-refractivity contribution in [3.8, 4) is 0 Å². The molecule has 1 aromatic carbocycles. The number of nitrogens with one attached hydrogen (secondary N) is 2. The number of hydrogen-bond donors (Lipinski definition) is 2. The Morgan fingerprint density at radius 1 is 1.05 bits per heavy atom. The van der Waals surface area contributed by atoms with E-state index in [9.17, 15) is 19.2 Å². The zero-order chi connectivity index (χ0) is 29.8. The van der Waals surface area contributed by atoms with Crippen molar-refractivity contribution in [1.82, 2.24) is 25.1 Å². The van der Waals surface area contributed by atoms with Crippen LogP contribution in [0.5, 0.6) is 0 Å². The lowest BCUT2D eigenvalue weighted by Gasteiger charge is -2.24. The van der Waals surface area contributed by atoms with Gasteiger partial charge in [-0.05, 0) is 25.3 Å². The van der Waals surface area contributed by atoms with Gasteiger partial charge < -0.3 is 14.5 Å². The summed E-state index contributed by atoms with van der Waals surface area (Å²) in [5.41, 5.74) is -1.11. The number of rotatable bonds is 9. The summed E-state index contributed by atoms with van der Waals surface area (Å²) in [6, 6.07) is 8.56. The van der Waals surface area contributed by atoms with Gasteiger partial charge in [0.2, 0.25) is 17.6 Å². The van der Waals surface area contributed by atoms with Gasteiger partial charge >= 0.3 is 6.09 Å². The highest BCUT2D eigenvalue weighted by atomic mass is 16.5.